The minimum Gasteiger partial charge on any atom is -0.508 e. The Morgan fingerprint density at radius 3 is 2.33 bits per heavy atom. The van der Waals surface area contributed by atoms with Crippen molar-refractivity contribution in [1.29, 1.82) is 0 Å². The highest BCUT2D eigenvalue weighted by Gasteiger charge is 2.34. The van der Waals surface area contributed by atoms with Crippen LogP contribution in [-0.4, -0.2) is 9.67 Å². The van der Waals surface area contributed by atoms with Crippen molar-refractivity contribution in [3.63, 3.8) is 0 Å². The minimum absolute atomic E-state index is 0.121. The van der Waals surface area contributed by atoms with Gasteiger partial charge in [0.2, 0.25) is 0 Å². The van der Waals surface area contributed by atoms with E-state index < -0.39 is 17.6 Å². The maximum absolute atomic E-state index is 14.2. The first-order chi connectivity index (χ1) is 14.2. The average Bonchev–Trinajstić information content (AvgIpc) is 2.68. The van der Waals surface area contributed by atoms with Crippen LogP contribution in [0.25, 0.3) is 27.6 Å². The van der Waals surface area contributed by atoms with Gasteiger partial charge in [-0.15, -0.1) is 0 Å². The number of phenolic OH excluding ortho intramolecular Hbond substituents is 1. The van der Waals surface area contributed by atoms with Crippen molar-refractivity contribution >= 4 is 10.8 Å². The molecule has 4 aromatic rings. The third kappa shape index (κ3) is 3.32. The minimum atomic E-state index is -4.82. The largest absolute Gasteiger partial charge is 0.508 e. The molecule has 0 aliphatic carbocycles. The van der Waals surface area contributed by atoms with E-state index in [1.807, 2.05) is 19.1 Å². The van der Waals surface area contributed by atoms with E-state index in [0.29, 0.717) is 22.7 Å². The molecule has 7 heteroatoms. The van der Waals surface area contributed by atoms with Crippen LogP contribution < -0.4 is 5.56 Å². The van der Waals surface area contributed by atoms with Gasteiger partial charge in [0, 0.05) is 22.5 Å². The van der Waals surface area contributed by atoms with Gasteiger partial charge >= 0.3 is 6.18 Å². The number of hydrogen-bond donors (Lipinski definition) is 1. The summed E-state index contributed by atoms with van der Waals surface area (Å²) < 4.78 is 54.5. The Morgan fingerprint density at radius 2 is 1.67 bits per heavy atom. The fourth-order valence-corrected chi connectivity index (χ4v) is 3.48. The Bertz CT molecular complexity index is 1340. The van der Waals surface area contributed by atoms with Gasteiger partial charge in [-0.1, -0.05) is 24.3 Å². The average molecular weight is 413 g/mol. The molecule has 1 N–H and O–H groups in total. The Balaban J connectivity index is 2.06. The molecule has 0 fully saturated rings. The lowest BCUT2D eigenvalue weighted by molar-refractivity contribution is -0.139. The quantitative estimate of drug-likeness (QED) is 0.420. The lowest BCUT2D eigenvalue weighted by Crippen LogP contribution is -2.19. The number of aromatic nitrogens is 1. The normalized spacial score (nSPS) is 11.8. The van der Waals surface area contributed by atoms with E-state index in [4.69, 9.17) is 0 Å². The molecule has 1 heterocycles. The fraction of sp³-hybridized carbons (Fsp3) is 0.0870. The molecule has 0 amide bonds. The lowest BCUT2D eigenvalue weighted by Gasteiger charge is -2.15. The van der Waals surface area contributed by atoms with Crippen molar-refractivity contribution in [2.75, 3.05) is 0 Å². The summed E-state index contributed by atoms with van der Waals surface area (Å²) in [6, 6.07) is 13.9. The number of hydrogen-bond acceptors (Lipinski definition) is 2. The number of aromatic hydroxyl groups is 1. The molecule has 0 aliphatic heterocycles. The van der Waals surface area contributed by atoms with Gasteiger partial charge in [-0.2, -0.15) is 13.2 Å². The number of phenols is 1. The Hall–Kier alpha value is -3.61. The number of alkyl halides is 3. The molecule has 0 saturated heterocycles. The Kier molecular flexibility index (Phi) is 4.61. The van der Waals surface area contributed by atoms with Crippen LogP contribution in [-0.2, 0) is 6.18 Å². The molecule has 0 bridgehead atoms. The number of fused-ring (bicyclic) bond motifs is 1. The molecule has 152 valence electrons. The zero-order valence-corrected chi connectivity index (χ0v) is 15.7. The van der Waals surface area contributed by atoms with Gasteiger partial charge in [0.25, 0.3) is 5.56 Å². The Labute approximate surface area is 168 Å². The summed E-state index contributed by atoms with van der Waals surface area (Å²) in [5, 5.41) is 10.5. The molecule has 0 unspecified atom stereocenters. The number of aryl methyl sites for hydroxylation is 1. The summed E-state index contributed by atoms with van der Waals surface area (Å²) in [5.41, 5.74) is 0.129. The molecule has 0 aliphatic rings. The SMILES string of the molecule is Cc1ccccc1-n1cc(-c2ccc(C(F)(F)F)c(F)c2)c2cc(O)ccc2c1=O. The van der Waals surface area contributed by atoms with Gasteiger partial charge in [-0.05, 0) is 54.4 Å². The molecule has 3 aromatic carbocycles. The highest BCUT2D eigenvalue weighted by Crippen LogP contribution is 2.35. The van der Waals surface area contributed by atoms with Crippen LogP contribution in [0.15, 0.2) is 71.7 Å². The summed E-state index contributed by atoms with van der Waals surface area (Å²) in [4.78, 5) is 13.1. The van der Waals surface area contributed by atoms with Gasteiger partial charge in [0.15, 0.2) is 0 Å². The predicted molar refractivity (Wildman–Crippen MR) is 106 cm³/mol. The number of para-hydroxylation sites is 1. The highest BCUT2D eigenvalue weighted by atomic mass is 19.4. The summed E-state index contributed by atoms with van der Waals surface area (Å²) >= 11 is 0. The molecule has 0 saturated carbocycles. The maximum Gasteiger partial charge on any atom is 0.419 e. The van der Waals surface area contributed by atoms with Crippen LogP contribution in [0.2, 0.25) is 0 Å². The smallest absolute Gasteiger partial charge is 0.419 e. The standard InChI is InChI=1S/C23H15F4NO2/c1-13-4-2-3-5-21(13)28-12-18(17-11-15(29)7-8-16(17)22(28)30)14-6-9-19(20(24)10-14)23(25,26)27/h2-12,29H,1H3. The number of halogens is 4. The molecule has 0 radical (unpaired) electrons. The van der Waals surface area contributed by atoms with Gasteiger partial charge in [0.1, 0.15) is 11.6 Å². The van der Waals surface area contributed by atoms with Gasteiger partial charge in [-0.25, -0.2) is 4.39 Å². The summed E-state index contributed by atoms with van der Waals surface area (Å²) in [7, 11) is 0. The van der Waals surface area contributed by atoms with Gasteiger partial charge in [-0.3, -0.25) is 9.36 Å². The highest BCUT2D eigenvalue weighted by molar-refractivity contribution is 5.97. The molecular weight excluding hydrogens is 398 g/mol. The first kappa shape index (κ1) is 19.7. The van der Waals surface area contributed by atoms with Crippen LogP contribution in [0.1, 0.15) is 11.1 Å². The third-order valence-corrected chi connectivity index (χ3v) is 4.96. The second-order valence-corrected chi connectivity index (χ2v) is 6.93. The topological polar surface area (TPSA) is 42.2 Å². The maximum atomic E-state index is 14.2. The first-order valence-corrected chi connectivity index (χ1v) is 8.98. The van der Waals surface area contributed by atoms with E-state index in [9.17, 15) is 27.5 Å². The van der Waals surface area contributed by atoms with E-state index in [0.717, 1.165) is 17.7 Å². The second-order valence-electron chi connectivity index (χ2n) is 6.93. The Morgan fingerprint density at radius 1 is 0.933 bits per heavy atom. The van der Waals surface area contributed by atoms with E-state index in [-0.39, 0.29) is 22.3 Å². The van der Waals surface area contributed by atoms with Crippen LogP contribution in [0.3, 0.4) is 0 Å². The van der Waals surface area contributed by atoms with Crippen molar-refractivity contribution in [3.8, 4) is 22.6 Å². The lowest BCUT2D eigenvalue weighted by atomic mass is 9.98. The monoisotopic (exact) mass is 413 g/mol. The van der Waals surface area contributed by atoms with E-state index in [2.05, 4.69) is 0 Å². The van der Waals surface area contributed by atoms with Crippen LogP contribution in [0, 0.1) is 12.7 Å². The van der Waals surface area contributed by atoms with Crippen LogP contribution in [0.5, 0.6) is 5.75 Å². The molecule has 30 heavy (non-hydrogen) atoms. The van der Waals surface area contributed by atoms with Crippen molar-refractivity contribution in [2.24, 2.45) is 0 Å². The zero-order valence-electron chi connectivity index (χ0n) is 15.7. The van der Waals surface area contributed by atoms with E-state index in [1.165, 1.54) is 29.0 Å². The zero-order chi connectivity index (χ0) is 21.6. The van der Waals surface area contributed by atoms with E-state index >= 15 is 0 Å². The summed E-state index contributed by atoms with van der Waals surface area (Å²) in [5.74, 6) is -1.54. The van der Waals surface area contributed by atoms with Gasteiger partial charge in [0.05, 0.1) is 11.3 Å². The van der Waals surface area contributed by atoms with Crippen LogP contribution >= 0.6 is 0 Å². The first-order valence-electron chi connectivity index (χ1n) is 8.98. The molecule has 4 rings (SSSR count). The number of pyridine rings is 1. The van der Waals surface area contributed by atoms with E-state index in [1.54, 1.807) is 12.1 Å². The molecule has 3 nitrogen and oxygen atoms in total. The van der Waals surface area contributed by atoms with Crippen molar-refractivity contribution < 1.29 is 22.7 Å². The molecule has 0 spiro atoms. The number of nitrogens with zero attached hydrogens (tertiary/aromatic N) is 1. The van der Waals surface area contributed by atoms with Gasteiger partial charge < -0.3 is 5.11 Å². The number of rotatable bonds is 2. The van der Waals surface area contributed by atoms with Crippen molar-refractivity contribution in [1.82, 2.24) is 4.57 Å². The third-order valence-electron chi connectivity index (χ3n) is 4.96. The van der Waals surface area contributed by atoms with Crippen molar-refractivity contribution in [2.45, 2.75) is 13.1 Å². The fourth-order valence-electron chi connectivity index (χ4n) is 3.48. The summed E-state index contributed by atoms with van der Waals surface area (Å²) in [6.45, 7) is 1.82. The molecule has 0 atom stereocenters. The van der Waals surface area contributed by atoms with Crippen LogP contribution in [0.4, 0.5) is 17.6 Å². The number of benzene rings is 3. The molecular formula is C23H15F4NO2. The van der Waals surface area contributed by atoms with Crippen molar-refractivity contribution in [3.05, 3.63) is 94.2 Å². The predicted octanol–water partition coefficient (Wildman–Crippen LogP) is 5.83. The summed E-state index contributed by atoms with van der Waals surface area (Å²) in [6.07, 6.45) is -3.36. The molecule has 1 aromatic heterocycles. The second kappa shape index (κ2) is 7.02.